The van der Waals surface area contributed by atoms with Crippen LogP contribution in [0.3, 0.4) is 0 Å². The summed E-state index contributed by atoms with van der Waals surface area (Å²) in [5.41, 5.74) is 3.61. The minimum absolute atomic E-state index is 0.0182. The van der Waals surface area contributed by atoms with E-state index in [2.05, 4.69) is 70.9 Å². The molecule has 0 amide bonds. The number of nitrogens with one attached hydrogen (secondary N) is 2. The number of nitrogens with zero attached hydrogens (tertiary/aromatic N) is 4. The fraction of sp³-hybridized carbons (Fsp3) is 0.435. The van der Waals surface area contributed by atoms with Crippen LogP contribution in [0.15, 0.2) is 53.7 Å². The van der Waals surface area contributed by atoms with E-state index in [0.29, 0.717) is 0 Å². The van der Waals surface area contributed by atoms with Crippen molar-refractivity contribution in [1.82, 2.24) is 25.2 Å². The van der Waals surface area contributed by atoms with Crippen LogP contribution in [0.2, 0.25) is 0 Å². The van der Waals surface area contributed by atoms with E-state index in [9.17, 15) is 0 Å². The normalized spacial score (nSPS) is 12.3. The van der Waals surface area contributed by atoms with Gasteiger partial charge in [-0.2, -0.15) is 0 Å². The van der Waals surface area contributed by atoms with Crippen molar-refractivity contribution in [2.75, 3.05) is 20.1 Å². The van der Waals surface area contributed by atoms with Gasteiger partial charge in [0.15, 0.2) is 11.6 Å². The first-order chi connectivity index (χ1) is 14.0. The van der Waals surface area contributed by atoms with E-state index in [4.69, 9.17) is 0 Å². The van der Waals surface area contributed by atoms with Gasteiger partial charge in [-0.25, -0.2) is 0 Å². The standard InChI is InChI=1S/C23H32N6/c1-5-18-11-13-19(14-12-18)23(2,3)17-26-22(24-4)25-15-8-10-21-28-27-20-9-6-7-16-29(20)21/h6-7,9,11-14,16H,5,8,10,15,17H2,1-4H3,(H2,24,25,26). The highest BCUT2D eigenvalue weighted by Gasteiger charge is 2.20. The summed E-state index contributed by atoms with van der Waals surface area (Å²) in [6.07, 6.45) is 4.90. The van der Waals surface area contributed by atoms with Crippen LogP contribution in [-0.4, -0.2) is 40.7 Å². The summed E-state index contributed by atoms with van der Waals surface area (Å²) < 4.78 is 2.04. The molecule has 0 unspecified atom stereocenters. The topological polar surface area (TPSA) is 66.6 Å². The average Bonchev–Trinajstić information content (AvgIpc) is 3.16. The lowest BCUT2D eigenvalue weighted by atomic mass is 9.84. The van der Waals surface area contributed by atoms with Crippen molar-refractivity contribution >= 4 is 11.6 Å². The molecule has 0 spiro atoms. The number of hydrogen-bond donors (Lipinski definition) is 2. The Morgan fingerprint density at radius 1 is 1.07 bits per heavy atom. The van der Waals surface area contributed by atoms with E-state index in [1.54, 1.807) is 0 Å². The second kappa shape index (κ2) is 9.54. The number of aliphatic imine (C=N–C) groups is 1. The molecule has 2 heterocycles. The summed E-state index contributed by atoms with van der Waals surface area (Å²) in [6, 6.07) is 14.9. The number of aromatic nitrogens is 3. The summed E-state index contributed by atoms with van der Waals surface area (Å²) in [5, 5.41) is 15.4. The van der Waals surface area contributed by atoms with E-state index >= 15 is 0 Å². The molecule has 3 rings (SSSR count). The van der Waals surface area contributed by atoms with Crippen molar-refractivity contribution in [3.05, 3.63) is 65.6 Å². The van der Waals surface area contributed by atoms with Gasteiger partial charge in [-0.05, 0) is 36.1 Å². The fourth-order valence-corrected chi connectivity index (χ4v) is 3.33. The van der Waals surface area contributed by atoms with Crippen molar-refractivity contribution < 1.29 is 0 Å². The highest BCUT2D eigenvalue weighted by molar-refractivity contribution is 5.79. The number of aryl methyl sites for hydroxylation is 2. The highest BCUT2D eigenvalue weighted by Crippen LogP contribution is 2.22. The Bertz CT molecular complexity index is 939. The SMILES string of the molecule is CCc1ccc(C(C)(C)CNC(=NC)NCCCc2nnc3ccccn23)cc1. The molecule has 154 valence electrons. The Balaban J connectivity index is 1.46. The molecular weight excluding hydrogens is 360 g/mol. The summed E-state index contributed by atoms with van der Waals surface area (Å²) in [5.74, 6) is 1.82. The third-order valence-electron chi connectivity index (χ3n) is 5.32. The number of pyridine rings is 1. The van der Waals surface area contributed by atoms with Crippen LogP contribution in [-0.2, 0) is 18.3 Å². The second-order valence-corrected chi connectivity index (χ2v) is 7.94. The Morgan fingerprint density at radius 3 is 2.59 bits per heavy atom. The summed E-state index contributed by atoms with van der Waals surface area (Å²) in [7, 11) is 1.81. The number of guanidine groups is 1. The molecule has 0 saturated heterocycles. The molecule has 6 heteroatoms. The van der Waals surface area contributed by atoms with Crippen LogP contribution in [0, 0.1) is 0 Å². The first-order valence-electron chi connectivity index (χ1n) is 10.4. The van der Waals surface area contributed by atoms with Crippen molar-refractivity contribution in [2.24, 2.45) is 4.99 Å². The average molecular weight is 393 g/mol. The highest BCUT2D eigenvalue weighted by atomic mass is 15.2. The molecule has 3 aromatic rings. The quantitative estimate of drug-likeness (QED) is 0.350. The molecule has 2 aromatic heterocycles. The van der Waals surface area contributed by atoms with Gasteiger partial charge in [-0.1, -0.05) is 51.1 Å². The van der Waals surface area contributed by atoms with Gasteiger partial charge in [0.1, 0.15) is 5.82 Å². The minimum Gasteiger partial charge on any atom is -0.356 e. The van der Waals surface area contributed by atoms with Crippen molar-refractivity contribution in [1.29, 1.82) is 0 Å². The van der Waals surface area contributed by atoms with E-state index in [-0.39, 0.29) is 5.41 Å². The fourth-order valence-electron chi connectivity index (χ4n) is 3.33. The maximum absolute atomic E-state index is 4.36. The molecular formula is C23H32N6. The molecule has 0 bridgehead atoms. The van der Waals surface area contributed by atoms with E-state index in [0.717, 1.165) is 49.8 Å². The van der Waals surface area contributed by atoms with Crippen molar-refractivity contribution in [3.63, 3.8) is 0 Å². The van der Waals surface area contributed by atoms with Crippen molar-refractivity contribution in [2.45, 2.75) is 45.4 Å². The molecule has 0 saturated carbocycles. The second-order valence-electron chi connectivity index (χ2n) is 7.94. The Morgan fingerprint density at radius 2 is 1.86 bits per heavy atom. The van der Waals surface area contributed by atoms with E-state index in [1.807, 2.05) is 35.8 Å². The Kier molecular flexibility index (Phi) is 6.86. The van der Waals surface area contributed by atoms with E-state index in [1.165, 1.54) is 11.1 Å². The zero-order valence-corrected chi connectivity index (χ0v) is 17.9. The number of fused-ring (bicyclic) bond motifs is 1. The van der Waals surface area contributed by atoms with Gasteiger partial charge >= 0.3 is 0 Å². The predicted octanol–water partition coefficient (Wildman–Crippen LogP) is 3.37. The zero-order chi connectivity index (χ0) is 20.7. The Hall–Kier alpha value is -2.89. The third-order valence-corrected chi connectivity index (χ3v) is 5.32. The predicted molar refractivity (Wildman–Crippen MR) is 120 cm³/mol. The lowest BCUT2D eigenvalue weighted by molar-refractivity contribution is 0.508. The summed E-state index contributed by atoms with van der Waals surface area (Å²) in [6.45, 7) is 8.33. The molecule has 0 aliphatic rings. The van der Waals surface area contributed by atoms with Crippen LogP contribution in [0.1, 0.15) is 44.1 Å². The minimum atomic E-state index is 0.0182. The summed E-state index contributed by atoms with van der Waals surface area (Å²) in [4.78, 5) is 4.36. The molecule has 1 aromatic carbocycles. The van der Waals surface area contributed by atoms with Crippen LogP contribution < -0.4 is 10.6 Å². The maximum atomic E-state index is 4.36. The van der Waals surface area contributed by atoms with Gasteiger partial charge in [-0.15, -0.1) is 10.2 Å². The van der Waals surface area contributed by atoms with Gasteiger partial charge in [0.25, 0.3) is 0 Å². The molecule has 0 aliphatic heterocycles. The number of benzene rings is 1. The van der Waals surface area contributed by atoms with Crippen LogP contribution in [0.25, 0.3) is 5.65 Å². The molecule has 29 heavy (non-hydrogen) atoms. The molecule has 6 nitrogen and oxygen atoms in total. The number of hydrogen-bond acceptors (Lipinski definition) is 3. The lowest BCUT2D eigenvalue weighted by Crippen LogP contribution is -2.43. The first kappa shape index (κ1) is 20.8. The molecule has 0 aliphatic carbocycles. The maximum Gasteiger partial charge on any atom is 0.191 e. The Labute approximate surface area is 173 Å². The molecule has 0 fully saturated rings. The van der Waals surface area contributed by atoms with Gasteiger partial charge in [0, 0.05) is 38.2 Å². The van der Waals surface area contributed by atoms with E-state index < -0.39 is 0 Å². The van der Waals surface area contributed by atoms with Crippen molar-refractivity contribution in [3.8, 4) is 0 Å². The van der Waals surface area contributed by atoms with Gasteiger partial charge < -0.3 is 10.6 Å². The van der Waals surface area contributed by atoms with Gasteiger partial charge in [0.2, 0.25) is 0 Å². The van der Waals surface area contributed by atoms with Gasteiger partial charge in [0.05, 0.1) is 0 Å². The molecule has 2 N–H and O–H groups in total. The first-order valence-corrected chi connectivity index (χ1v) is 10.4. The molecule has 0 atom stereocenters. The third kappa shape index (κ3) is 5.34. The molecule has 0 radical (unpaired) electrons. The van der Waals surface area contributed by atoms with Crippen LogP contribution in [0.5, 0.6) is 0 Å². The number of rotatable bonds is 8. The largest absolute Gasteiger partial charge is 0.356 e. The zero-order valence-electron chi connectivity index (χ0n) is 17.9. The smallest absolute Gasteiger partial charge is 0.191 e. The van der Waals surface area contributed by atoms with Gasteiger partial charge in [-0.3, -0.25) is 9.39 Å². The summed E-state index contributed by atoms with van der Waals surface area (Å²) >= 11 is 0. The monoisotopic (exact) mass is 392 g/mol. The van der Waals surface area contributed by atoms with Crippen LogP contribution in [0.4, 0.5) is 0 Å². The van der Waals surface area contributed by atoms with Crippen LogP contribution >= 0.6 is 0 Å². The lowest BCUT2D eigenvalue weighted by Gasteiger charge is -2.27.